The molecule has 1 fully saturated rings. The summed E-state index contributed by atoms with van der Waals surface area (Å²) in [4.78, 5) is 0. The van der Waals surface area contributed by atoms with Gasteiger partial charge in [0.1, 0.15) is 0 Å². The maximum Gasteiger partial charge on any atom is 0.0724 e. The molecule has 0 saturated heterocycles. The van der Waals surface area contributed by atoms with Crippen molar-refractivity contribution in [2.75, 3.05) is 7.11 Å². The number of nitrogens with zero attached hydrogens (tertiary/aromatic N) is 2. The highest BCUT2D eigenvalue weighted by Crippen LogP contribution is 2.21. The molecule has 1 N–H and O–H groups in total. The summed E-state index contributed by atoms with van der Waals surface area (Å²) in [6, 6.07) is 2.68. The van der Waals surface area contributed by atoms with Gasteiger partial charge >= 0.3 is 0 Å². The first-order chi connectivity index (χ1) is 8.24. The molecule has 0 aliphatic heterocycles. The Morgan fingerprint density at radius 1 is 1.53 bits per heavy atom. The molecule has 1 aromatic heterocycles. The zero-order valence-corrected chi connectivity index (χ0v) is 11.1. The summed E-state index contributed by atoms with van der Waals surface area (Å²) < 4.78 is 7.46. The van der Waals surface area contributed by atoms with Crippen LogP contribution in [0.3, 0.4) is 0 Å². The highest BCUT2D eigenvalue weighted by Gasteiger charge is 2.26. The molecule has 0 spiro atoms. The Morgan fingerprint density at radius 2 is 2.35 bits per heavy atom. The summed E-state index contributed by atoms with van der Waals surface area (Å²) in [5, 5.41) is 8.05. The van der Waals surface area contributed by atoms with Gasteiger partial charge in [0.15, 0.2) is 0 Å². The van der Waals surface area contributed by atoms with Crippen LogP contribution in [-0.4, -0.2) is 29.0 Å². The van der Waals surface area contributed by atoms with E-state index in [2.05, 4.69) is 23.4 Å². The average Bonchev–Trinajstić information content (AvgIpc) is 2.92. The minimum atomic E-state index is 0.383. The second-order valence-corrected chi connectivity index (χ2v) is 4.80. The third-order valence-corrected chi connectivity index (χ3v) is 3.69. The maximum absolute atomic E-state index is 5.48. The second kappa shape index (κ2) is 5.65. The zero-order valence-electron chi connectivity index (χ0n) is 11.1. The number of rotatable bonds is 5. The molecule has 1 heterocycles. The number of aromatic nitrogens is 2. The van der Waals surface area contributed by atoms with Crippen molar-refractivity contribution in [2.45, 2.75) is 51.3 Å². The van der Waals surface area contributed by atoms with Crippen molar-refractivity contribution >= 4 is 0 Å². The van der Waals surface area contributed by atoms with E-state index in [1.165, 1.54) is 30.7 Å². The molecule has 0 aromatic carbocycles. The van der Waals surface area contributed by atoms with Gasteiger partial charge in [-0.25, -0.2) is 0 Å². The van der Waals surface area contributed by atoms with E-state index in [9.17, 15) is 0 Å². The van der Waals surface area contributed by atoms with Crippen LogP contribution in [0.5, 0.6) is 0 Å². The molecule has 1 saturated carbocycles. The summed E-state index contributed by atoms with van der Waals surface area (Å²) in [6.07, 6.45) is 5.05. The molecule has 4 heteroatoms. The molecule has 4 nitrogen and oxygen atoms in total. The molecule has 0 radical (unpaired) electrons. The molecule has 0 bridgehead atoms. The van der Waals surface area contributed by atoms with Crippen molar-refractivity contribution in [3.63, 3.8) is 0 Å². The van der Waals surface area contributed by atoms with Crippen LogP contribution in [0, 0.1) is 0 Å². The van der Waals surface area contributed by atoms with Crippen molar-refractivity contribution in [1.82, 2.24) is 15.1 Å². The Labute approximate surface area is 103 Å². The first kappa shape index (κ1) is 12.6. The predicted octanol–water partition coefficient (Wildman–Crippen LogP) is 1.64. The summed E-state index contributed by atoms with van der Waals surface area (Å²) in [6.45, 7) is 3.02. The highest BCUT2D eigenvalue weighted by molar-refractivity contribution is 5.10. The maximum atomic E-state index is 5.48. The van der Waals surface area contributed by atoms with Gasteiger partial charge in [0.2, 0.25) is 0 Å². The summed E-state index contributed by atoms with van der Waals surface area (Å²) in [5.41, 5.74) is 2.42. The number of methoxy groups -OCH3 is 1. The lowest BCUT2D eigenvalue weighted by molar-refractivity contribution is 0.0845. The molecule has 2 rings (SSSR count). The standard InChI is InChI=1S/C13H23N3O/c1-4-10-8-11(16(2)15-10)9-14-12-6-5-7-13(12)17-3/h8,12-14H,4-7,9H2,1-3H3. The number of hydrogen-bond donors (Lipinski definition) is 1. The molecule has 1 aromatic rings. The van der Waals surface area contributed by atoms with E-state index >= 15 is 0 Å². The van der Waals surface area contributed by atoms with Gasteiger partial charge in [-0.15, -0.1) is 0 Å². The van der Waals surface area contributed by atoms with E-state index in [0.717, 1.165) is 13.0 Å². The zero-order chi connectivity index (χ0) is 12.3. The fraction of sp³-hybridized carbons (Fsp3) is 0.769. The second-order valence-electron chi connectivity index (χ2n) is 4.80. The number of aryl methyl sites for hydroxylation is 2. The predicted molar refractivity (Wildman–Crippen MR) is 67.9 cm³/mol. The normalized spacial score (nSPS) is 24.4. The van der Waals surface area contributed by atoms with Crippen molar-refractivity contribution in [3.05, 3.63) is 17.5 Å². The molecule has 96 valence electrons. The third kappa shape index (κ3) is 2.87. The Balaban J connectivity index is 1.90. The molecular formula is C13H23N3O. The number of ether oxygens (including phenoxy) is 1. The van der Waals surface area contributed by atoms with Crippen molar-refractivity contribution in [2.24, 2.45) is 7.05 Å². The van der Waals surface area contributed by atoms with E-state index in [1.807, 2.05) is 18.8 Å². The Kier molecular flexibility index (Phi) is 4.18. The average molecular weight is 237 g/mol. The Hall–Kier alpha value is -0.870. The van der Waals surface area contributed by atoms with Crippen molar-refractivity contribution < 1.29 is 4.74 Å². The van der Waals surface area contributed by atoms with Crippen LogP contribution < -0.4 is 5.32 Å². The molecular weight excluding hydrogens is 214 g/mol. The molecule has 2 unspecified atom stereocenters. The van der Waals surface area contributed by atoms with Crippen LogP contribution >= 0.6 is 0 Å². The molecule has 1 aliphatic rings. The molecule has 0 amide bonds. The first-order valence-corrected chi connectivity index (χ1v) is 6.52. The third-order valence-electron chi connectivity index (χ3n) is 3.69. The van der Waals surface area contributed by atoms with Crippen LogP contribution in [0.2, 0.25) is 0 Å². The van der Waals surface area contributed by atoms with Crippen molar-refractivity contribution in [3.8, 4) is 0 Å². The molecule has 2 atom stereocenters. The van der Waals surface area contributed by atoms with E-state index in [1.54, 1.807) is 0 Å². The first-order valence-electron chi connectivity index (χ1n) is 6.52. The summed E-state index contributed by atoms with van der Waals surface area (Å²) in [7, 11) is 3.82. The molecule has 17 heavy (non-hydrogen) atoms. The minimum absolute atomic E-state index is 0.383. The minimum Gasteiger partial charge on any atom is -0.380 e. The monoisotopic (exact) mass is 237 g/mol. The largest absolute Gasteiger partial charge is 0.380 e. The highest BCUT2D eigenvalue weighted by atomic mass is 16.5. The van der Waals surface area contributed by atoms with Gasteiger partial charge in [-0.3, -0.25) is 4.68 Å². The smallest absolute Gasteiger partial charge is 0.0724 e. The van der Waals surface area contributed by atoms with E-state index < -0.39 is 0 Å². The lowest BCUT2D eigenvalue weighted by Gasteiger charge is -2.19. The van der Waals surface area contributed by atoms with Crippen LogP contribution in [0.1, 0.15) is 37.6 Å². The lowest BCUT2D eigenvalue weighted by Crippen LogP contribution is -2.36. The number of nitrogens with one attached hydrogen (secondary N) is 1. The van der Waals surface area contributed by atoms with E-state index in [-0.39, 0.29) is 0 Å². The fourth-order valence-electron chi connectivity index (χ4n) is 2.59. The van der Waals surface area contributed by atoms with Gasteiger partial charge in [-0.1, -0.05) is 6.92 Å². The Morgan fingerprint density at radius 3 is 3.00 bits per heavy atom. The van der Waals surface area contributed by atoms with Crippen LogP contribution in [0.4, 0.5) is 0 Å². The number of hydrogen-bond acceptors (Lipinski definition) is 3. The van der Waals surface area contributed by atoms with Crippen LogP contribution in [-0.2, 0) is 24.8 Å². The van der Waals surface area contributed by atoms with Gasteiger partial charge in [0.25, 0.3) is 0 Å². The molecule has 1 aliphatic carbocycles. The van der Waals surface area contributed by atoms with E-state index in [0.29, 0.717) is 12.1 Å². The fourth-order valence-corrected chi connectivity index (χ4v) is 2.59. The SMILES string of the molecule is CCc1cc(CNC2CCCC2OC)n(C)n1. The van der Waals surface area contributed by atoms with E-state index in [4.69, 9.17) is 4.74 Å². The van der Waals surface area contributed by atoms with Crippen LogP contribution in [0.15, 0.2) is 6.07 Å². The van der Waals surface area contributed by atoms with Gasteiger partial charge in [-0.05, 0) is 31.7 Å². The van der Waals surface area contributed by atoms with Gasteiger partial charge < -0.3 is 10.1 Å². The lowest BCUT2D eigenvalue weighted by atomic mass is 10.2. The topological polar surface area (TPSA) is 39.1 Å². The van der Waals surface area contributed by atoms with Crippen LogP contribution in [0.25, 0.3) is 0 Å². The quantitative estimate of drug-likeness (QED) is 0.846. The summed E-state index contributed by atoms with van der Waals surface area (Å²) >= 11 is 0. The van der Waals surface area contributed by atoms with Crippen molar-refractivity contribution in [1.29, 1.82) is 0 Å². The van der Waals surface area contributed by atoms with Gasteiger partial charge in [0.05, 0.1) is 17.5 Å². The van der Waals surface area contributed by atoms with Gasteiger partial charge in [0, 0.05) is 26.7 Å². The van der Waals surface area contributed by atoms with Gasteiger partial charge in [-0.2, -0.15) is 5.10 Å². The summed E-state index contributed by atoms with van der Waals surface area (Å²) in [5.74, 6) is 0. The Bertz CT molecular complexity index is 362.